The van der Waals surface area contributed by atoms with Gasteiger partial charge in [0.05, 0.1) is 7.05 Å². The van der Waals surface area contributed by atoms with Crippen LogP contribution in [0.3, 0.4) is 0 Å². The van der Waals surface area contributed by atoms with Gasteiger partial charge in [-0.2, -0.15) is 4.91 Å². The SMILES string of the molecule is CC(C)(C)OC(=O)N1CCNCC1.CN=O. The van der Waals surface area contributed by atoms with Crippen LogP contribution in [-0.2, 0) is 4.74 Å². The van der Waals surface area contributed by atoms with Crippen molar-refractivity contribution in [2.24, 2.45) is 5.18 Å². The second-order valence-electron chi connectivity index (χ2n) is 4.40. The maximum atomic E-state index is 11.5. The quantitative estimate of drug-likeness (QED) is 0.636. The van der Waals surface area contributed by atoms with E-state index in [0.717, 1.165) is 26.2 Å². The zero-order valence-electron chi connectivity index (χ0n) is 10.4. The third-order valence-electron chi connectivity index (χ3n) is 1.77. The van der Waals surface area contributed by atoms with Crippen molar-refractivity contribution in [2.75, 3.05) is 33.2 Å². The molecule has 0 unspecified atom stereocenters. The monoisotopic (exact) mass is 231 g/mol. The summed E-state index contributed by atoms with van der Waals surface area (Å²) in [4.78, 5) is 21.8. The fourth-order valence-electron chi connectivity index (χ4n) is 1.17. The summed E-state index contributed by atoms with van der Waals surface area (Å²) in [6, 6.07) is 0. The molecule has 0 saturated carbocycles. The number of hydrogen-bond donors (Lipinski definition) is 1. The van der Waals surface area contributed by atoms with Crippen LogP contribution in [0.5, 0.6) is 0 Å². The third kappa shape index (κ3) is 7.17. The van der Waals surface area contributed by atoms with Crippen molar-refractivity contribution >= 4 is 6.09 Å². The van der Waals surface area contributed by atoms with Gasteiger partial charge in [0.2, 0.25) is 0 Å². The molecule has 0 aromatic rings. The van der Waals surface area contributed by atoms with Gasteiger partial charge in [-0.3, -0.25) is 0 Å². The Morgan fingerprint density at radius 2 is 1.75 bits per heavy atom. The number of ether oxygens (including phenoxy) is 1. The highest BCUT2D eigenvalue weighted by Gasteiger charge is 2.22. The minimum atomic E-state index is -0.387. The first-order valence-electron chi connectivity index (χ1n) is 5.31. The Hall–Kier alpha value is -1.17. The molecule has 1 heterocycles. The van der Waals surface area contributed by atoms with Gasteiger partial charge < -0.3 is 15.0 Å². The molecule has 1 saturated heterocycles. The van der Waals surface area contributed by atoms with Crippen LogP contribution in [0.15, 0.2) is 5.18 Å². The predicted molar refractivity (Wildman–Crippen MR) is 62.4 cm³/mol. The Bertz CT molecular complexity index is 220. The van der Waals surface area contributed by atoms with Crippen molar-refractivity contribution in [3.8, 4) is 0 Å². The Labute approximate surface area is 96.3 Å². The molecule has 0 radical (unpaired) electrons. The van der Waals surface area contributed by atoms with Gasteiger partial charge in [0.15, 0.2) is 0 Å². The molecule has 0 atom stereocenters. The zero-order valence-corrected chi connectivity index (χ0v) is 10.4. The largest absolute Gasteiger partial charge is 0.444 e. The lowest BCUT2D eigenvalue weighted by Crippen LogP contribution is -2.48. The first-order valence-corrected chi connectivity index (χ1v) is 5.31. The molecule has 6 heteroatoms. The normalized spacial score (nSPS) is 15.9. The lowest BCUT2D eigenvalue weighted by Gasteiger charge is -2.30. The van der Waals surface area contributed by atoms with E-state index in [1.807, 2.05) is 20.8 Å². The first kappa shape index (κ1) is 14.8. The van der Waals surface area contributed by atoms with Crippen molar-refractivity contribution in [3.63, 3.8) is 0 Å². The van der Waals surface area contributed by atoms with E-state index in [0.29, 0.717) is 0 Å². The van der Waals surface area contributed by atoms with E-state index in [4.69, 9.17) is 9.64 Å². The lowest BCUT2D eigenvalue weighted by molar-refractivity contribution is 0.0229. The lowest BCUT2D eigenvalue weighted by atomic mass is 10.2. The molecule has 6 nitrogen and oxygen atoms in total. The summed E-state index contributed by atoms with van der Waals surface area (Å²) in [7, 11) is 1.19. The smallest absolute Gasteiger partial charge is 0.410 e. The highest BCUT2D eigenvalue weighted by atomic mass is 16.6. The summed E-state index contributed by atoms with van der Waals surface area (Å²) >= 11 is 0. The van der Waals surface area contributed by atoms with Crippen molar-refractivity contribution in [1.29, 1.82) is 0 Å². The van der Waals surface area contributed by atoms with E-state index in [1.165, 1.54) is 7.05 Å². The van der Waals surface area contributed by atoms with Crippen LogP contribution in [0.2, 0.25) is 0 Å². The summed E-state index contributed by atoms with van der Waals surface area (Å²) in [6.07, 6.45) is -0.200. The number of nitrogens with one attached hydrogen (secondary N) is 1. The van der Waals surface area contributed by atoms with Crippen molar-refractivity contribution in [1.82, 2.24) is 10.2 Å². The molecule has 16 heavy (non-hydrogen) atoms. The number of carbonyl (C=O) groups is 1. The molecule has 0 aliphatic carbocycles. The van der Waals surface area contributed by atoms with Gasteiger partial charge in [0, 0.05) is 26.2 Å². The molecular weight excluding hydrogens is 210 g/mol. The number of piperazine rings is 1. The third-order valence-corrected chi connectivity index (χ3v) is 1.77. The van der Waals surface area contributed by atoms with E-state index < -0.39 is 0 Å². The molecule has 0 bridgehead atoms. The molecule has 1 rings (SSSR count). The maximum Gasteiger partial charge on any atom is 0.410 e. The Kier molecular flexibility index (Phi) is 6.64. The van der Waals surface area contributed by atoms with Crippen LogP contribution in [0.1, 0.15) is 20.8 Å². The van der Waals surface area contributed by atoms with Gasteiger partial charge in [0.1, 0.15) is 5.60 Å². The maximum absolute atomic E-state index is 11.5. The second kappa shape index (κ2) is 7.16. The van der Waals surface area contributed by atoms with E-state index in [9.17, 15) is 4.79 Å². The molecule has 1 aliphatic heterocycles. The van der Waals surface area contributed by atoms with Crippen LogP contribution < -0.4 is 5.32 Å². The summed E-state index contributed by atoms with van der Waals surface area (Å²) in [5.41, 5.74) is -0.387. The van der Waals surface area contributed by atoms with Gasteiger partial charge >= 0.3 is 6.09 Å². The average Bonchev–Trinajstić information content (AvgIpc) is 2.18. The molecule has 94 valence electrons. The van der Waals surface area contributed by atoms with Gasteiger partial charge in [-0.05, 0) is 20.8 Å². The first-order chi connectivity index (χ1) is 7.40. The van der Waals surface area contributed by atoms with Crippen LogP contribution in [0, 0.1) is 4.91 Å². The Morgan fingerprint density at radius 3 is 2.12 bits per heavy atom. The van der Waals surface area contributed by atoms with Gasteiger partial charge in [-0.25, -0.2) is 4.79 Å². The van der Waals surface area contributed by atoms with Gasteiger partial charge in [-0.1, -0.05) is 5.18 Å². The number of rotatable bonds is 0. The molecule has 1 amide bonds. The minimum absolute atomic E-state index is 0.200. The van der Waals surface area contributed by atoms with E-state index in [1.54, 1.807) is 4.90 Å². The summed E-state index contributed by atoms with van der Waals surface area (Å²) in [6.45, 7) is 8.86. The van der Waals surface area contributed by atoms with Crippen molar-refractivity contribution < 1.29 is 9.53 Å². The fraction of sp³-hybridized carbons (Fsp3) is 0.900. The van der Waals surface area contributed by atoms with Crippen LogP contribution >= 0.6 is 0 Å². The molecule has 1 N–H and O–H groups in total. The predicted octanol–water partition coefficient (Wildman–Crippen LogP) is 1.21. The summed E-state index contributed by atoms with van der Waals surface area (Å²) in [5.74, 6) is 0. The molecular formula is C10H21N3O3. The van der Waals surface area contributed by atoms with Gasteiger partial charge in [-0.15, -0.1) is 0 Å². The number of carbonyl (C=O) groups excluding carboxylic acids is 1. The van der Waals surface area contributed by atoms with E-state index >= 15 is 0 Å². The minimum Gasteiger partial charge on any atom is -0.444 e. The second-order valence-corrected chi connectivity index (χ2v) is 4.40. The zero-order chi connectivity index (χ0) is 12.6. The summed E-state index contributed by atoms with van der Waals surface area (Å²) < 4.78 is 5.24. The Balaban J connectivity index is 0.000000673. The molecule has 0 spiro atoms. The highest BCUT2D eigenvalue weighted by Crippen LogP contribution is 2.09. The summed E-state index contributed by atoms with van der Waals surface area (Å²) in [5, 5.41) is 5.43. The number of nitrogens with zero attached hydrogens (tertiary/aromatic N) is 2. The molecule has 1 fully saturated rings. The highest BCUT2D eigenvalue weighted by molar-refractivity contribution is 5.68. The number of hydrogen-bond acceptors (Lipinski definition) is 5. The van der Waals surface area contributed by atoms with E-state index in [2.05, 4.69) is 10.5 Å². The Morgan fingerprint density at radius 1 is 1.31 bits per heavy atom. The topological polar surface area (TPSA) is 71.0 Å². The average molecular weight is 231 g/mol. The van der Waals surface area contributed by atoms with Crippen LogP contribution in [0.25, 0.3) is 0 Å². The molecule has 0 aromatic heterocycles. The van der Waals surface area contributed by atoms with E-state index in [-0.39, 0.29) is 11.7 Å². The molecule has 0 aromatic carbocycles. The fourth-order valence-corrected chi connectivity index (χ4v) is 1.17. The van der Waals surface area contributed by atoms with Crippen molar-refractivity contribution in [3.05, 3.63) is 4.91 Å². The standard InChI is InChI=1S/C9H18N2O2.CH3NO/c1-9(2,3)13-8(12)11-6-4-10-5-7-11;1-2-3/h10H,4-7H2,1-3H3;1H3. The number of amides is 1. The van der Waals surface area contributed by atoms with Crippen molar-refractivity contribution in [2.45, 2.75) is 26.4 Å². The van der Waals surface area contributed by atoms with Gasteiger partial charge in [0.25, 0.3) is 0 Å². The van der Waals surface area contributed by atoms with Crippen LogP contribution in [-0.4, -0.2) is 49.8 Å². The van der Waals surface area contributed by atoms with Crippen LogP contribution in [0.4, 0.5) is 4.79 Å². The number of nitroso groups, excluding NO2 is 1. The molecule has 1 aliphatic rings.